The lowest BCUT2D eigenvalue weighted by molar-refractivity contribution is -0.121. The molecule has 134 valence electrons. The molecule has 1 N–H and O–H groups in total. The second-order valence-electron chi connectivity index (χ2n) is 6.53. The molecule has 0 fully saturated rings. The van der Waals surface area contributed by atoms with E-state index >= 15 is 0 Å². The largest absolute Gasteiger partial charge is 0.350 e. The quantitative estimate of drug-likeness (QED) is 0.856. The lowest BCUT2D eigenvalue weighted by Gasteiger charge is -2.17. The molecule has 1 unspecified atom stereocenters. The number of benzene rings is 2. The van der Waals surface area contributed by atoms with Crippen molar-refractivity contribution in [2.45, 2.75) is 45.1 Å². The number of aryl methyl sites for hydroxylation is 3. The summed E-state index contributed by atoms with van der Waals surface area (Å²) in [4.78, 5) is 12.4. The standard InChI is InChI=1S/C20H25NO3S/c1-14-6-9-18(10-7-14)25(23,24)12-11-20(22)21-17(4)19-13-15(2)5-8-16(19)3/h5-10,13,17H,11-12H2,1-4H3,(H,21,22). The minimum Gasteiger partial charge on any atom is -0.350 e. The van der Waals surface area contributed by atoms with Crippen molar-refractivity contribution in [1.29, 1.82) is 0 Å². The molecule has 2 rings (SSSR count). The zero-order valence-corrected chi connectivity index (χ0v) is 16.0. The van der Waals surface area contributed by atoms with E-state index in [0.717, 1.165) is 22.3 Å². The number of hydrogen-bond donors (Lipinski definition) is 1. The first-order chi connectivity index (χ1) is 11.7. The average Bonchev–Trinajstić information content (AvgIpc) is 2.55. The van der Waals surface area contributed by atoms with Crippen LogP contribution in [0, 0.1) is 20.8 Å². The molecular weight excluding hydrogens is 334 g/mol. The van der Waals surface area contributed by atoms with Gasteiger partial charge < -0.3 is 5.32 Å². The van der Waals surface area contributed by atoms with Crippen molar-refractivity contribution in [3.05, 3.63) is 64.7 Å². The van der Waals surface area contributed by atoms with E-state index in [1.165, 1.54) is 0 Å². The van der Waals surface area contributed by atoms with Crippen LogP contribution in [0.4, 0.5) is 0 Å². The molecule has 0 saturated heterocycles. The van der Waals surface area contributed by atoms with Crippen LogP contribution in [0.15, 0.2) is 47.4 Å². The van der Waals surface area contributed by atoms with Crippen molar-refractivity contribution in [2.24, 2.45) is 0 Å². The first-order valence-electron chi connectivity index (χ1n) is 8.35. The summed E-state index contributed by atoms with van der Waals surface area (Å²) in [5.74, 6) is -0.453. The summed E-state index contributed by atoms with van der Waals surface area (Å²) in [6, 6.07) is 12.6. The average molecular weight is 359 g/mol. The maximum atomic E-state index is 12.3. The molecule has 5 heteroatoms. The molecule has 0 aromatic heterocycles. The van der Waals surface area contributed by atoms with E-state index in [0.29, 0.717) is 0 Å². The molecule has 0 heterocycles. The van der Waals surface area contributed by atoms with E-state index in [-0.39, 0.29) is 29.0 Å². The minimum atomic E-state index is -3.45. The van der Waals surface area contributed by atoms with E-state index in [1.54, 1.807) is 24.3 Å². The second-order valence-corrected chi connectivity index (χ2v) is 8.64. The van der Waals surface area contributed by atoms with Crippen molar-refractivity contribution in [3.8, 4) is 0 Å². The van der Waals surface area contributed by atoms with Crippen LogP contribution in [-0.4, -0.2) is 20.1 Å². The normalized spacial score (nSPS) is 12.6. The molecule has 0 spiro atoms. The van der Waals surface area contributed by atoms with Crippen LogP contribution in [0.5, 0.6) is 0 Å². The Bertz CT molecular complexity index is 855. The van der Waals surface area contributed by atoms with Crippen LogP contribution in [0.3, 0.4) is 0 Å². The van der Waals surface area contributed by atoms with Crippen molar-refractivity contribution in [3.63, 3.8) is 0 Å². The van der Waals surface area contributed by atoms with Crippen molar-refractivity contribution < 1.29 is 13.2 Å². The summed E-state index contributed by atoms with van der Waals surface area (Å²) >= 11 is 0. The molecule has 0 saturated carbocycles. The number of hydrogen-bond acceptors (Lipinski definition) is 3. The van der Waals surface area contributed by atoms with Gasteiger partial charge in [0, 0.05) is 6.42 Å². The molecular formula is C20H25NO3S. The molecule has 0 bridgehead atoms. The van der Waals surface area contributed by atoms with Crippen molar-refractivity contribution >= 4 is 15.7 Å². The summed E-state index contributed by atoms with van der Waals surface area (Å²) in [5, 5.41) is 2.89. The maximum absolute atomic E-state index is 12.3. The van der Waals surface area contributed by atoms with Gasteiger partial charge in [0.2, 0.25) is 5.91 Å². The Morgan fingerprint density at radius 1 is 1.00 bits per heavy atom. The van der Waals surface area contributed by atoms with Gasteiger partial charge in [-0.25, -0.2) is 8.42 Å². The first kappa shape index (κ1) is 19.2. The first-order valence-corrected chi connectivity index (χ1v) is 10.0. The molecule has 0 aliphatic heterocycles. The zero-order valence-electron chi connectivity index (χ0n) is 15.2. The van der Waals surface area contributed by atoms with Crippen LogP contribution in [0.2, 0.25) is 0 Å². The van der Waals surface area contributed by atoms with Crippen LogP contribution < -0.4 is 5.32 Å². The van der Waals surface area contributed by atoms with E-state index in [2.05, 4.69) is 5.32 Å². The number of sulfone groups is 1. The molecule has 25 heavy (non-hydrogen) atoms. The predicted octanol–water partition coefficient (Wildman–Crippen LogP) is 3.65. The zero-order chi connectivity index (χ0) is 18.6. The maximum Gasteiger partial charge on any atom is 0.221 e. The Hall–Kier alpha value is -2.14. The highest BCUT2D eigenvalue weighted by atomic mass is 32.2. The Labute approximate surface area is 150 Å². The van der Waals surface area contributed by atoms with Gasteiger partial charge in [-0.05, 0) is 51.0 Å². The summed E-state index contributed by atoms with van der Waals surface area (Å²) in [6.45, 7) is 7.82. The number of nitrogens with one attached hydrogen (secondary N) is 1. The van der Waals surface area contributed by atoms with E-state index in [1.807, 2.05) is 45.9 Å². The van der Waals surface area contributed by atoms with E-state index in [4.69, 9.17) is 0 Å². The molecule has 1 atom stereocenters. The fourth-order valence-electron chi connectivity index (χ4n) is 2.71. The number of amides is 1. The van der Waals surface area contributed by atoms with Crippen LogP contribution in [0.1, 0.15) is 41.6 Å². The summed E-state index contributed by atoms with van der Waals surface area (Å²) in [7, 11) is -3.45. The fourth-order valence-corrected chi connectivity index (χ4v) is 3.95. The van der Waals surface area contributed by atoms with Gasteiger partial charge in [0.1, 0.15) is 0 Å². The third-order valence-corrected chi connectivity index (χ3v) is 5.99. The Balaban J connectivity index is 1.98. The summed E-state index contributed by atoms with van der Waals surface area (Å²) in [6.07, 6.45) is -0.0502. The Morgan fingerprint density at radius 3 is 2.24 bits per heavy atom. The predicted molar refractivity (Wildman–Crippen MR) is 100 cm³/mol. The van der Waals surface area contributed by atoms with Gasteiger partial charge >= 0.3 is 0 Å². The van der Waals surface area contributed by atoms with Gasteiger partial charge in [-0.15, -0.1) is 0 Å². The lowest BCUT2D eigenvalue weighted by atomic mass is 10.00. The summed E-state index contributed by atoms with van der Waals surface area (Å²) < 4.78 is 24.6. The molecule has 0 aliphatic rings. The number of carbonyl (C=O) groups excluding carboxylic acids is 1. The van der Waals surface area contributed by atoms with Gasteiger partial charge in [-0.1, -0.05) is 41.5 Å². The second kappa shape index (κ2) is 7.83. The van der Waals surface area contributed by atoms with Gasteiger partial charge in [0.05, 0.1) is 16.7 Å². The smallest absolute Gasteiger partial charge is 0.221 e. The van der Waals surface area contributed by atoms with Gasteiger partial charge in [0.15, 0.2) is 9.84 Å². The third kappa shape index (κ3) is 5.16. The topological polar surface area (TPSA) is 63.2 Å². The fraction of sp³-hybridized carbons (Fsp3) is 0.350. The summed E-state index contributed by atoms with van der Waals surface area (Å²) in [5.41, 5.74) is 4.28. The Morgan fingerprint density at radius 2 is 1.60 bits per heavy atom. The molecule has 4 nitrogen and oxygen atoms in total. The molecule has 0 aliphatic carbocycles. The number of rotatable bonds is 6. The van der Waals surface area contributed by atoms with Crippen molar-refractivity contribution in [2.75, 3.05) is 5.75 Å². The monoisotopic (exact) mass is 359 g/mol. The Kier molecular flexibility index (Phi) is 6.01. The van der Waals surface area contributed by atoms with Crippen LogP contribution in [0.25, 0.3) is 0 Å². The molecule has 1 amide bonds. The van der Waals surface area contributed by atoms with E-state index in [9.17, 15) is 13.2 Å². The highest BCUT2D eigenvalue weighted by Gasteiger charge is 2.18. The van der Waals surface area contributed by atoms with E-state index < -0.39 is 9.84 Å². The molecule has 2 aromatic rings. The number of carbonyl (C=O) groups is 1. The van der Waals surface area contributed by atoms with Gasteiger partial charge in [-0.3, -0.25) is 4.79 Å². The molecule has 2 aromatic carbocycles. The van der Waals surface area contributed by atoms with Crippen molar-refractivity contribution in [1.82, 2.24) is 5.32 Å². The van der Waals surface area contributed by atoms with Gasteiger partial charge in [0.25, 0.3) is 0 Å². The molecule has 0 radical (unpaired) electrons. The van der Waals surface area contributed by atoms with Crippen LogP contribution >= 0.6 is 0 Å². The van der Waals surface area contributed by atoms with Gasteiger partial charge in [-0.2, -0.15) is 0 Å². The minimum absolute atomic E-state index is 0.0502. The van der Waals surface area contributed by atoms with Crippen LogP contribution in [-0.2, 0) is 14.6 Å². The highest BCUT2D eigenvalue weighted by Crippen LogP contribution is 2.19. The highest BCUT2D eigenvalue weighted by molar-refractivity contribution is 7.91. The lowest BCUT2D eigenvalue weighted by Crippen LogP contribution is -2.28. The third-order valence-electron chi connectivity index (χ3n) is 4.26. The SMILES string of the molecule is Cc1ccc(S(=O)(=O)CCC(=O)NC(C)c2cc(C)ccc2C)cc1.